The minimum atomic E-state index is -0.298. The number of aliphatic hydroxyl groups excluding tert-OH is 1. The molecule has 0 heterocycles. The lowest BCUT2D eigenvalue weighted by molar-refractivity contribution is -0.120. The molecule has 1 aromatic carbocycles. The van der Waals surface area contributed by atoms with Gasteiger partial charge in [-0.15, -0.1) is 0 Å². The van der Waals surface area contributed by atoms with E-state index in [1.807, 2.05) is 0 Å². The second-order valence-electron chi connectivity index (χ2n) is 4.79. The van der Waals surface area contributed by atoms with E-state index >= 15 is 0 Å². The summed E-state index contributed by atoms with van der Waals surface area (Å²) in [4.78, 5) is 23.3. The van der Waals surface area contributed by atoms with E-state index in [0.29, 0.717) is 17.8 Å². The van der Waals surface area contributed by atoms with E-state index in [0.717, 1.165) is 25.7 Å². The highest BCUT2D eigenvalue weighted by atomic mass is 16.3. The molecule has 6 heteroatoms. The number of amides is 2. The maximum atomic E-state index is 11.8. The molecule has 1 aromatic rings. The first-order chi connectivity index (χ1) is 10.1. The van der Waals surface area contributed by atoms with Gasteiger partial charge in [0.2, 0.25) is 5.91 Å². The van der Waals surface area contributed by atoms with Crippen LogP contribution in [0.3, 0.4) is 0 Å². The van der Waals surface area contributed by atoms with Crippen LogP contribution in [-0.2, 0) is 4.79 Å². The maximum absolute atomic E-state index is 11.8. The molecule has 0 saturated carbocycles. The van der Waals surface area contributed by atoms with Crippen LogP contribution in [0, 0.1) is 0 Å². The number of benzene rings is 1. The molecule has 1 rings (SSSR count). The second kappa shape index (κ2) is 9.77. The molecular weight excluding hydrogens is 270 g/mol. The molecule has 0 saturated heterocycles. The summed E-state index contributed by atoms with van der Waals surface area (Å²) in [7, 11) is 0. The highest BCUT2D eigenvalue weighted by molar-refractivity contribution is 5.96. The SMILES string of the molecule is Nc1ccc(C(=O)NCC(=O)NCCCCCCO)cc1. The maximum Gasteiger partial charge on any atom is 0.251 e. The van der Waals surface area contributed by atoms with E-state index in [4.69, 9.17) is 10.8 Å². The van der Waals surface area contributed by atoms with Crippen molar-refractivity contribution in [1.82, 2.24) is 10.6 Å². The van der Waals surface area contributed by atoms with Crippen molar-refractivity contribution in [3.63, 3.8) is 0 Å². The number of carbonyl (C=O) groups is 2. The van der Waals surface area contributed by atoms with Gasteiger partial charge in [0.25, 0.3) is 5.91 Å². The predicted octanol–water partition coefficient (Wildman–Crippen LogP) is 0.667. The van der Waals surface area contributed by atoms with Crippen molar-refractivity contribution in [2.24, 2.45) is 0 Å². The summed E-state index contributed by atoms with van der Waals surface area (Å²) in [5.74, 6) is -0.506. The molecular formula is C15H23N3O3. The Labute approximate surface area is 124 Å². The van der Waals surface area contributed by atoms with Crippen molar-refractivity contribution in [1.29, 1.82) is 0 Å². The Kier molecular flexibility index (Phi) is 7.89. The number of aliphatic hydroxyl groups is 1. The van der Waals surface area contributed by atoms with Crippen molar-refractivity contribution < 1.29 is 14.7 Å². The van der Waals surface area contributed by atoms with Gasteiger partial charge in [0.1, 0.15) is 0 Å². The van der Waals surface area contributed by atoms with Crippen LogP contribution in [0.15, 0.2) is 24.3 Å². The zero-order valence-corrected chi connectivity index (χ0v) is 12.1. The molecule has 0 unspecified atom stereocenters. The van der Waals surface area contributed by atoms with Crippen LogP contribution >= 0.6 is 0 Å². The van der Waals surface area contributed by atoms with Gasteiger partial charge >= 0.3 is 0 Å². The minimum Gasteiger partial charge on any atom is -0.399 e. The normalized spacial score (nSPS) is 10.1. The monoisotopic (exact) mass is 293 g/mol. The fraction of sp³-hybridized carbons (Fsp3) is 0.467. The van der Waals surface area contributed by atoms with Gasteiger partial charge < -0.3 is 21.5 Å². The Morgan fingerprint density at radius 1 is 1.00 bits per heavy atom. The van der Waals surface area contributed by atoms with Gasteiger partial charge in [-0.2, -0.15) is 0 Å². The summed E-state index contributed by atoms with van der Waals surface area (Å²) >= 11 is 0. The third-order valence-corrected chi connectivity index (χ3v) is 2.99. The summed E-state index contributed by atoms with van der Waals surface area (Å²) < 4.78 is 0. The Balaban J connectivity index is 2.15. The van der Waals surface area contributed by atoms with E-state index in [-0.39, 0.29) is 25.0 Å². The van der Waals surface area contributed by atoms with Crippen LogP contribution in [0.5, 0.6) is 0 Å². The average molecular weight is 293 g/mol. The molecule has 0 bridgehead atoms. The summed E-state index contributed by atoms with van der Waals surface area (Å²) in [6, 6.07) is 6.51. The van der Waals surface area contributed by atoms with Crippen LogP contribution in [-0.4, -0.2) is 36.6 Å². The number of anilines is 1. The molecule has 5 N–H and O–H groups in total. The topological polar surface area (TPSA) is 104 Å². The number of rotatable bonds is 9. The molecule has 0 aliphatic heterocycles. The Hall–Kier alpha value is -2.08. The van der Waals surface area contributed by atoms with Gasteiger partial charge in [-0.1, -0.05) is 12.8 Å². The van der Waals surface area contributed by atoms with E-state index < -0.39 is 0 Å². The molecule has 0 aromatic heterocycles. The Morgan fingerprint density at radius 2 is 1.67 bits per heavy atom. The molecule has 2 amide bonds. The van der Waals surface area contributed by atoms with Gasteiger partial charge in [0.05, 0.1) is 6.54 Å². The highest BCUT2D eigenvalue weighted by Crippen LogP contribution is 2.04. The number of unbranched alkanes of at least 4 members (excludes halogenated alkanes) is 3. The Bertz CT molecular complexity index is 446. The first kappa shape index (κ1) is 17.0. The van der Waals surface area contributed by atoms with Gasteiger partial charge in [-0.3, -0.25) is 9.59 Å². The quantitative estimate of drug-likeness (QED) is 0.397. The second-order valence-corrected chi connectivity index (χ2v) is 4.79. The standard InChI is InChI=1S/C15H23N3O3/c16-13-7-5-12(6-8-13)15(21)18-11-14(20)17-9-3-1-2-4-10-19/h5-8,19H,1-4,9-11,16H2,(H,17,20)(H,18,21). The molecule has 0 radical (unpaired) electrons. The molecule has 0 fully saturated rings. The summed E-state index contributed by atoms with van der Waals surface area (Å²) in [6.45, 7) is 0.755. The predicted molar refractivity (Wildman–Crippen MR) is 81.8 cm³/mol. The molecule has 0 aliphatic rings. The van der Waals surface area contributed by atoms with Crippen molar-refractivity contribution >= 4 is 17.5 Å². The fourth-order valence-electron chi connectivity index (χ4n) is 1.78. The van der Waals surface area contributed by atoms with Gasteiger partial charge in [-0.25, -0.2) is 0 Å². The van der Waals surface area contributed by atoms with E-state index in [9.17, 15) is 9.59 Å². The van der Waals surface area contributed by atoms with Crippen molar-refractivity contribution in [3.8, 4) is 0 Å². The van der Waals surface area contributed by atoms with Crippen LogP contribution in [0.25, 0.3) is 0 Å². The zero-order valence-electron chi connectivity index (χ0n) is 12.1. The number of nitrogens with one attached hydrogen (secondary N) is 2. The van der Waals surface area contributed by atoms with E-state index in [1.165, 1.54) is 0 Å². The van der Waals surface area contributed by atoms with Crippen molar-refractivity contribution in [3.05, 3.63) is 29.8 Å². The van der Waals surface area contributed by atoms with E-state index in [1.54, 1.807) is 24.3 Å². The number of hydrogen-bond donors (Lipinski definition) is 4. The first-order valence-corrected chi connectivity index (χ1v) is 7.15. The number of hydrogen-bond acceptors (Lipinski definition) is 4. The lowest BCUT2D eigenvalue weighted by atomic mass is 10.2. The zero-order chi connectivity index (χ0) is 15.5. The third kappa shape index (κ3) is 7.31. The smallest absolute Gasteiger partial charge is 0.251 e. The van der Waals surface area contributed by atoms with Crippen LogP contribution in [0.4, 0.5) is 5.69 Å². The third-order valence-electron chi connectivity index (χ3n) is 2.99. The van der Waals surface area contributed by atoms with E-state index in [2.05, 4.69) is 10.6 Å². The highest BCUT2D eigenvalue weighted by Gasteiger charge is 2.07. The molecule has 0 atom stereocenters. The molecule has 116 valence electrons. The summed E-state index contributed by atoms with van der Waals surface area (Å²) in [5.41, 5.74) is 6.60. The molecule has 6 nitrogen and oxygen atoms in total. The average Bonchev–Trinajstić information content (AvgIpc) is 2.49. The lowest BCUT2D eigenvalue weighted by Crippen LogP contribution is -2.37. The number of nitrogens with two attached hydrogens (primary N) is 1. The van der Waals surface area contributed by atoms with Crippen LogP contribution < -0.4 is 16.4 Å². The lowest BCUT2D eigenvalue weighted by Gasteiger charge is -2.07. The number of nitrogen functional groups attached to an aromatic ring is 1. The summed E-state index contributed by atoms with van der Waals surface area (Å²) in [5, 5.41) is 13.9. The molecule has 21 heavy (non-hydrogen) atoms. The minimum absolute atomic E-state index is 0.0418. The number of carbonyl (C=O) groups excluding carboxylic acids is 2. The molecule has 0 aliphatic carbocycles. The largest absolute Gasteiger partial charge is 0.399 e. The Morgan fingerprint density at radius 3 is 2.33 bits per heavy atom. The summed E-state index contributed by atoms with van der Waals surface area (Å²) in [6.07, 6.45) is 3.60. The van der Waals surface area contributed by atoms with Gasteiger partial charge in [0, 0.05) is 24.4 Å². The fourth-order valence-corrected chi connectivity index (χ4v) is 1.78. The van der Waals surface area contributed by atoms with Crippen LogP contribution in [0.1, 0.15) is 36.0 Å². The van der Waals surface area contributed by atoms with Gasteiger partial charge in [0.15, 0.2) is 0 Å². The van der Waals surface area contributed by atoms with Crippen LogP contribution in [0.2, 0.25) is 0 Å². The molecule has 0 spiro atoms. The first-order valence-electron chi connectivity index (χ1n) is 7.15. The van der Waals surface area contributed by atoms with Crippen molar-refractivity contribution in [2.75, 3.05) is 25.4 Å². The van der Waals surface area contributed by atoms with Crippen molar-refractivity contribution in [2.45, 2.75) is 25.7 Å². The van der Waals surface area contributed by atoms with Gasteiger partial charge in [-0.05, 0) is 37.1 Å².